The average molecular weight is 496 g/mol. The number of aromatic nitrogens is 3. The van der Waals surface area contributed by atoms with Crippen molar-refractivity contribution in [1.82, 2.24) is 15.2 Å². The van der Waals surface area contributed by atoms with Gasteiger partial charge in [0.15, 0.2) is 5.82 Å². The van der Waals surface area contributed by atoms with Gasteiger partial charge in [-0.1, -0.05) is 12.2 Å². The number of rotatable bonds is 2. The van der Waals surface area contributed by atoms with Crippen LogP contribution in [0.25, 0.3) is 11.4 Å². The van der Waals surface area contributed by atoms with Crippen LogP contribution >= 0.6 is 12.2 Å². The maximum Gasteiger partial charge on any atom is 0.416 e. The van der Waals surface area contributed by atoms with Gasteiger partial charge in [0.1, 0.15) is 11.3 Å². The van der Waals surface area contributed by atoms with Gasteiger partial charge in [-0.15, -0.1) is 0 Å². The van der Waals surface area contributed by atoms with Crippen LogP contribution in [0.2, 0.25) is 0 Å². The number of hydrogen-bond acceptors (Lipinski definition) is 5. The molecular formula is C19H22F6N6OS. The molecule has 0 atom stereocenters. The molecule has 7 nitrogen and oxygen atoms in total. The second kappa shape index (κ2) is 12.2. The number of aromatic amines is 1. The second-order valence-electron chi connectivity index (χ2n) is 6.37. The van der Waals surface area contributed by atoms with E-state index in [1.807, 2.05) is 0 Å². The van der Waals surface area contributed by atoms with E-state index in [-0.39, 0.29) is 16.0 Å². The van der Waals surface area contributed by atoms with Crippen LogP contribution < -0.4 is 17.4 Å². The predicted octanol–water partition coefficient (Wildman–Crippen LogP) is 3.44. The number of halogens is 6. The number of H-pyrrole nitrogens is 1. The maximum absolute atomic E-state index is 12.5. The third-order valence-corrected chi connectivity index (χ3v) is 4.02. The summed E-state index contributed by atoms with van der Waals surface area (Å²) in [6.45, 7) is 3.17. The first-order valence-corrected chi connectivity index (χ1v) is 9.05. The highest BCUT2D eigenvalue weighted by atomic mass is 32.1. The van der Waals surface area contributed by atoms with E-state index in [1.165, 1.54) is 12.4 Å². The summed E-state index contributed by atoms with van der Waals surface area (Å²) in [5.41, 5.74) is 5.50. The fourth-order valence-corrected chi connectivity index (χ4v) is 2.63. The van der Waals surface area contributed by atoms with E-state index in [9.17, 15) is 26.3 Å². The van der Waals surface area contributed by atoms with Crippen molar-refractivity contribution in [2.24, 2.45) is 17.4 Å². The van der Waals surface area contributed by atoms with Gasteiger partial charge in [0, 0.05) is 11.1 Å². The van der Waals surface area contributed by atoms with Crippen LogP contribution in [0.4, 0.5) is 26.3 Å². The second-order valence-corrected chi connectivity index (χ2v) is 6.81. The molecule has 0 aliphatic heterocycles. The smallest absolute Gasteiger partial charge is 0.412 e. The van der Waals surface area contributed by atoms with Crippen molar-refractivity contribution >= 4 is 17.2 Å². The minimum absolute atomic E-state index is 0. The fraction of sp³-hybridized carbons (Fsp3) is 0.211. The lowest BCUT2D eigenvalue weighted by molar-refractivity contribution is -0.138. The number of aryl methyl sites for hydroxylation is 2. The molecular weight excluding hydrogens is 474 g/mol. The predicted molar refractivity (Wildman–Crippen MR) is 116 cm³/mol. The van der Waals surface area contributed by atoms with Crippen molar-refractivity contribution in [2.75, 3.05) is 0 Å². The number of alkyl halides is 6. The molecule has 3 aromatic rings. The minimum Gasteiger partial charge on any atom is -0.412 e. The molecule has 14 heteroatoms. The SMILES string of the molecule is Cc1cc(-c2ncn[nH]2)cc(C(F)(F)F)c1.Cc1cc(C(N)=S)cc(C(F)(F)F)c1.NN.O. The van der Waals surface area contributed by atoms with E-state index in [0.29, 0.717) is 22.5 Å². The van der Waals surface area contributed by atoms with Gasteiger partial charge in [-0.3, -0.25) is 16.8 Å². The van der Waals surface area contributed by atoms with E-state index in [0.717, 1.165) is 24.3 Å². The molecule has 9 N–H and O–H groups in total. The first-order chi connectivity index (χ1) is 14.8. The monoisotopic (exact) mass is 496 g/mol. The number of nitrogens with zero attached hydrogens (tertiary/aromatic N) is 2. The lowest BCUT2D eigenvalue weighted by atomic mass is 10.1. The fourth-order valence-electron chi connectivity index (χ4n) is 2.52. The molecule has 0 unspecified atom stereocenters. The summed E-state index contributed by atoms with van der Waals surface area (Å²) < 4.78 is 74.6. The number of hydrogen-bond donors (Lipinski definition) is 4. The van der Waals surface area contributed by atoms with Gasteiger partial charge in [0.2, 0.25) is 0 Å². The van der Waals surface area contributed by atoms with E-state index in [1.54, 1.807) is 19.9 Å². The molecule has 0 saturated carbocycles. The van der Waals surface area contributed by atoms with Gasteiger partial charge < -0.3 is 11.2 Å². The van der Waals surface area contributed by atoms with Crippen LogP contribution in [-0.2, 0) is 12.4 Å². The molecule has 2 aromatic carbocycles. The van der Waals surface area contributed by atoms with Crippen LogP contribution in [0.5, 0.6) is 0 Å². The van der Waals surface area contributed by atoms with Crippen LogP contribution in [0, 0.1) is 13.8 Å². The Bertz CT molecular complexity index is 1040. The van der Waals surface area contributed by atoms with Crippen molar-refractivity contribution in [3.05, 3.63) is 70.5 Å². The number of thiocarbonyl (C=S) groups is 1. The highest BCUT2D eigenvalue weighted by molar-refractivity contribution is 7.80. The molecule has 0 aliphatic carbocycles. The molecule has 33 heavy (non-hydrogen) atoms. The highest BCUT2D eigenvalue weighted by Gasteiger charge is 2.31. The summed E-state index contributed by atoms with van der Waals surface area (Å²) in [6.07, 6.45) is -7.45. The van der Waals surface area contributed by atoms with Crippen LogP contribution in [-0.4, -0.2) is 25.6 Å². The summed E-state index contributed by atoms with van der Waals surface area (Å²) >= 11 is 4.61. The number of nitrogens with one attached hydrogen (secondary N) is 1. The molecule has 3 rings (SSSR count). The molecule has 1 heterocycles. The summed E-state index contributed by atoms with van der Waals surface area (Å²) in [7, 11) is 0. The Morgan fingerprint density at radius 3 is 1.76 bits per heavy atom. The number of nitrogens with two attached hydrogens (primary N) is 3. The first-order valence-electron chi connectivity index (χ1n) is 8.64. The van der Waals surface area contributed by atoms with E-state index in [2.05, 4.69) is 39.1 Å². The van der Waals surface area contributed by atoms with Gasteiger partial charge in [-0.05, 0) is 61.4 Å². The zero-order valence-corrected chi connectivity index (χ0v) is 18.2. The Kier molecular flexibility index (Phi) is 11.1. The van der Waals surface area contributed by atoms with Gasteiger partial charge >= 0.3 is 12.4 Å². The molecule has 0 spiro atoms. The summed E-state index contributed by atoms with van der Waals surface area (Å²) in [5.74, 6) is 8.33. The van der Waals surface area contributed by atoms with Gasteiger partial charge in [0.05, 0.1) is 11.1 Å². The lowest BCUT2D eigenvalue weighted by Gasteiger charge is -2.09. The number of hydrazine groups is 1. The Morgan fingerprint density at radius 1 is 0.848 bits per heavy atom. The summed E-state index contributed by atoms with van der Waals surface area (Å²) in [4.78, 5) is 3.79. The minimum atomic E-state index is -4.36. The normalized spacial score (nSPS) is 10.7. The standard InChI is InChI=1S/C10H8F3N3.C9H8F3NS.H4N2.H2O/c1-6-2-7(9-14-5-15-16-9)4-8(3-6)10(11,12)13;1-5-2-6(8(13)14)4-7(3-5)9(10,11)12;1-2;/h2-5H,1H3,(H,14,15,16);2-4H,1H3,(H2,13,14);1-2H2;1H2. The molecule has 0 aliphatic rings. The number of benzene rings is 2. The van der Waals surface area contributed by atoms with E-state index >= 15 is 0 Å². The highest BCUT2D eigenvalue weighted by Crippen LogP contribution is 2.32. The van der Waals surface area contributed by atoms with Crippen LogP contribution in [0.3, 0.4) is 0 Å². The Morgan fingerprint density at radius 2 is 1.33 bits per heavy atom. The molecule has 0 bridgehead atoms. The third-order valence-electron chi connectivity index (χ3n) is 3.78. The zero-order valence-electron chi connectivity index (χ0n) is 17.3. The first kappa shape index (κ1) is 29.9. The summed E-state index contributed by atoms with van der Waals surface area (Å²) in [6, 6.07) is 7.30. The average Bonchev–Trinajstić information content (AvgIpc) is 3.23. The Balaban J connectivity index is 0.000000566. The van der Waals surface area contributed by atoms with Crippen molar-refractivity contribution < 1.29 is 31.8 Å². The van der Waals surface area contributed by atoms with Crippen LogP contribution in [0.1, 0.15) is 27.8 Å². The zero-order chi connectivity index (χ0) is 24.7. The van der Waals surface area contributed by atoms with Crippen LogP contribution in [0.15, 0.2) is 42.7 Å². The molecule has 0 fully saturated rings. The largest absolute Gasteiger partial charge is 0.416 e. The summed E-state index contributed by atoms with van der Waals surface area (Å²) in [5, 5.41) is 6.13. The molecule has 0 radical (unpaired) electrons. The van der Waals surface area contributed by atoms with Gasteiger partial charge in [-0.25, -0.2) is 4.98 Å². The van der Waals surface area contributed by atoms with Gasteiger partial charge in [-0.2, -0.15) is 31.4 Å². The molecule has 182 valence electrons. The topological polar surface area (TPSA) is 151 Å². The molecule has 0 amide bonds. The third kappa shape index (κ3) is 9.13. The van der Waals surface area contributed by atoms with Crippen molar-refractivity contribution in [1.29, 1.82) is 0 Å². The van der Waals surface area contributed by atoms with E-state index in [4.69, 9.17) is 5.73 Å². The quantitative estimate of drug-likeness (QED) is 0.185. The lowest BCUT2D eigenvalue weighted by Crippen LogP contribution is -2.12. The van der Waals surface area contributed by atoms with E-state index < -0.39 is 23.5 Å². The van der Waals surface area contributed by atoms with Crippen molar-refractivity contribution in [3.8, 4) is 11.4 Å². The maximum atomic E-state index is 12.5. The van der Waals surface area contributed by atoms with Gasteiger partial charge in [0.25, 0.3) is 0 Å². The van der Waals surface area contributed by atoms with Crippen molar-refractivity contribution in [3.63, 3.8) is 0 Å². The Labute approximate surface area is 190 Å². The Hall–Kier alpha value is -3.07. The molecule has 0 saturated heterocycles. The van der Waals surface area contributed by atoms with Crippen molar-refractivity contribution in [2.45, 2.75) is 26.2 Å². The molecule has 1 aromatic heterocycles.